The smallest absolute Gasteiger partial charge is 0.345 e. The first-order valence-corrected chi connectivity index (χ1v) is 12.5. The predicted molar refractivity (Wildman–Crippen MR) is 130 cm³/mol. The lowest BCUT2D eigenvalue weighted by atomic mass is 9.95. The van der Waals surface area contributed by atoms with Crippen LogP contribution >= 0.6 is 27.3 Å². The van der Waals surface area contributed by atoms with Gasteiger partial charge in [0.1, 0.15) is 4.88 Å². The Bertz CT molecular complexity index is 810. The molecule has 1 heterocycles. The molecule has 0 bridgehead atoms. The highest BCUT2D eigenvalue weighted by atomic mass is 79.9. The summed E-state index contributed by atoms with van der Waals surface area (Å²) in [7, 11) is 0. The molecule has 0 radical (unpaired) electrons. The molecule has 1 aromatic carbocycles. The van der Waals surface area contributed by atoms with Crippen molar-refractivity contribution in [3.8, 4) is 0 Å². The summed E-state index contributed by atoms with van der Waals surface area (Å²) in [6.07, 6.45) is 10.8. The molecule has 3 rings (SSSR count). The summed E-state index contributed by atoms with van der Waals surface area (Å²) < 4.78 is 1.31. The Hall–Kier alpha value is -1.43. The van der Waals surface area contributed by atoms with E-state index in [1.54, 1.807) is 6.07 Å². The molecule has 2 aromatic rings. The summed E-state index contributed by atoms with van der Waals surface area (Å²) in [6, 6.07) is 12.1. The van der Waals surface area contributed by atoms with Crippen LogP contribution in [-0.4, -0.2) is 16.2 Å². The summed E-state index contributed by atoms with van der Waals surface area (Å²) in [5, 5.41) is 18.7. The van der Waals surface area contributed by atoms with Gasteiger partial charge in [-0.25, -0.2) is 4.79 Å². The average Bonchev–Trinajstić information content (AvgIpc) is 3.38. The number of aliphatic hydroxyl groups is 1. The molecule has 0 amide bonds. The Morgan fingerprint density at radius 2 is 1.87 bits per heavy atom. The first kappa shape index (κ1) is 24.8. The van der Waals surface area contributed by atoms with Gasteiger partial charge in [0.05, 0.1) is 6.10 Å². The molecular weight excluding hydrogens is 460 g/mol. The fourth-order valence-corrected chi connectivity index (χ4v) is 5.24. The van der Waals surface area contributed by atoms with Crippen molar-refractivity contribution < 1.29 is 15.0 Å². The summed E-state index contributed by atoms with van der Waals surface area (Å²) in [4.78, 5) is 12.0. The van der Waals surface area contributed by atoms with E-state index in [4.69, 9.17) is 5.11 Å². The number of aryl methyl sites for hydroxylation is 1. The van der Waals surface area contributed by atoms with Crippen LogP contribution in [0.1, 0.15) is 96.5 Å². The highest BCUT2D eigenvalue weighted by molar-refractivity contribution is 9.11. The van der Waals surface area contributed by atoms with Gasteiger partial charge in [0.2, 0.25) is 0 Å². The third-order valence-corrected chi connectivity index (χ3v) is 7.31. The van der Waals surface area contributed by atoms with Crippen LogP contribution in [0.4, 0.5) is 0 Å². The molecule has 0 saturated carbocycles. The molecule has 1 unspecified atom stereocenters. The predicted octanol–water partition coefficient (Wildman–Crippen LogP) is 7.86. The molecule has 5 heteroatoms. The third kappa shape index (κ3) is 7.68. The molecule has 0 fully saturated rings. The number of allylic oxidation sites excluding steroid dienone is 2. The minimum atomic E-state index is -0.822. The number of unbranched alkanes of at least 4 members (excludes halogenated alkanes) is 2. The highest BCUT2D eigenvalue weighted by Gasteiger charge is 2.19. The van der Waals surface area contributed by atoms with Crippen molar-refractivity contribution in [3.05, 3.63) is 67.8 Å². The molecule has 1 aliphatic rings. The number of carboxylic acids is 1. The SMILES string of the molecule is CCCCCC(O)c1ccc([C@@H]2CCC=C2Br)cc1.CCCc1ccc(C(=O)O)s1. The van der Waals surface area contributed by atoms with Gasteiger partial charge in [0, 0.05) is 10.8 Å². The Balaban J connectivity index is 0.000000248. The number of hydrogen-bond donors (Lipinski definition) is 2. The minimum Gasteiger partial charge on any atom is -0.477 e. The maximum atomic E-state index is 10.4. The first-order chi connectivity index (χ1) is 14.5. The van der Waals surface area contributed by atoms with E-state index < -0.39 is 5.97 Å². The molecule has 2 atom stereocenters. The van der Waals surface area contributed by atoms with Gasteiger partial charge in [0.15, 0.2) is 0 Å². The average molecular weight is 494 g/mol. The molecular formula is C25H33BrO3S. The fourth-order valence-electron chi connectivity index (χ4n) is 3.57. The van der Waals surface area contributed by atoms with E-state index in [-0.39, 0.29) is 6.10 Å². The van der Waals surface area contributed by atoms with E-state index in [2.05, 4.69) is 60.1 Å². The van der Waals surface area contributed by atoms with Crippen LogP contribution in [0.15, 0.2) is 47.0 Å². The molecule has 0 saturated heterocycles. The van der Waals surface area contributed by atoms with Crippen molar-refractivity contribution in [2.75, 3.05) is 0 Å². The quantitative estimate of drug-likeness (QED) is 0.350. The lowest BCUT2D eigenvalue weighted by molar-refractivity contribution is 0.0702. The van der Waals surface area contributed by atoms with Crippen LogP contribution in [0.2, 0.25) is 0 Å². The van der Waals surface area contributed by atoms with Gasteiger partial charge >= 0.3 is 5.97 Å². The first-order valence-electron chi connectivity index (χ1n) is 10.9. The number of carbonyl (C=O) groups is 1. The van der Waals surface area contributed by atoms with Crippen LogP contribution in [0.25, 0.3) is 0 Å². The Morgan fingerprint density at radius 1 is 1.13 bits per heavy atom. The van der Waals surface area contributed by atoms with E-state index in [1.165, 1.54) is 40.6 Å². The van der Waals surface area contributed by atoms with Crippen LogP contribution in [-0.2, 0) is 6.42 Å². The number of rotatable bonds is 9. The molecule has 164 valence electrons. The van der Waals surface area contributed by atoms with E-state index >= 15 is 0 Å². The summed E-state index contributed by atoms with van der Waals surface area (Å²) in [5.74, 6) is -0.302. The molecule has 1 aliphatic carbocycles. The Morgan fingerprint density at radius 3 is 2.40 bits per heavy atom. The van der Waals surface area contributed by atoms with Gasteiger partial charge < -0.3 is 10.2 Å². The molecule has 2 N–H and O–H groups in total. The summed E-state index contributed by atoms with van der Waals surface area (Å²) in [5.41, 5.74) is 2.41. The molecule has 1 aromatic heterocycles. The van der Waals surface area contributed by atoms with Crippen LogP contribution in [0.3, 0.4) is 0 Å². The number of aromatic carboxylic acids is 1. The van der Waals surface area contributed by atoms with E-state index in [0.29, 0.717) is 10.8 Å². The number of thiophene rings is 1. The number of benzene rings is 1. The topological polar surface area (TPSA) is 57.5 Å². The molecule has 0 spiro atoms. The fraction of sp³-hybridized carbons (Fsp3) is 0.480. The number of halogens is 1. The number of hydrogen-bond acceptors (Lipinski definition) is 3. The van der Waals surface area contributed by atoms with Gasteiger partial charge in [-0.1, -0.05) is 85.8 Å². The molecule has 30 heavy (non-hydrogen) atoms. The second-order valence-electron chi connectivity index (χ2n) is 7.72. The zero-order valence-electron chi connectivity index (χ0n) is 17.9. The maximum Gasteiger partial charge on any atom is 0.345 e. The van der Waals surface area contributed by atoms with Gasteiger partial charge in [-0.3, -0.25) is 0 Å². The van der Waals surface area contributed by atoms with E-state index in [0.717, 1.165) is 42.5 Å². The second kappa shape index (κ2) is 13.1. The second-order valence-corrected chi connectivity index (χ2v) is 9.80. The normalized spacial score (nSPS) is 16.5. The number of carboxylic acid groups (broad SMARTS) is 1. The zero-order chi connectivity index (χ0) is 21.9. The zero-order valence-corrected chi connectivity index (χ0v) is 20.3. The van der Waals surface area contributed by atoms with E-state index in [1.807, 2.05) is 6.07 Å². The minimum absolute atomic E-state index is 0.303. The van der Waals surface area contributed by atoms with Gasteiger partial charge in [-0.2, -0.15) is 0 Å². The Kier molecular flexibility index (Phi) is 10.8. The lowest BCUT2D eigenvalue weighted by Gasteiger charge is -2.14. The summed E-state index contributed by atoms with van der Waals surface area (Å²) in [6.45, 7) is 4.27. The largest absolute Gasteiger partial charge is 0.477 e. The monoisotopic (exact) mass is 492 g/mol. The molecule has 3 nitrogen and oxygen atoms in total. The number of aliphatic hydroxyl groups excluding tert-OH is 1. The third-order valence-electron chi connectivity index (χ3n) is 5.30. The molecule has 0 aliphatic heterocycles. The van der Waals surface area contributed by atoms with Crippen molar-refractivity contribution in [2.24, 2.45) is 0 Å². The Labute approximate surface area is 193 Å². The maximum absolute atomic E-state index is 10.4. The van der Waals surface area contributed by atoms with Crippen molar-refractivity contribution >= 4 is 33.2 Å². The van der Waals surface area contributed by atoms with Crippen molar-refractivity contribution in [1.29, 1.82) is 0 Å². The van der Waals surface area contributed by atoms with Crippen molar-refractivity contribution in [2.45, 2.75) is 77.2 Å². The highest BCUT2D eigenvalue weighted by Crippen LogP contribution is 2.38. The van der Waals surface area contributed by atoms with Crippen LogP contribution in [0.5, 0.6) is 0 Å². The van der Waals surface area contributed by atoms with Crippen molar-refractivity contribution in [3.63, 3.8) is 0 Å². The summed E-state index contributed by atoms with van der Waals surface area (Å²) >= 11 is 5.01. The van der Waals surface area contributed by atoms with Crippen LogP contribution in [0, 0.1) is 0 Å². The van der Waals surface area contributed by atoms with Gasteiger partial charge in [0.25, 0.3) is 0 Å². The van der Waals surface area contributed by atoms with Crippen molar-refractivity contribution in [1.82, 2.24) is 0 Å². The lowest BCUT2D eigenvalue weighted by Crippen LogP contribution is -1.99. The van der Waals surface area contributed by atoms with Gasteiger partial charge in [-0.05, 0) is 53.4 Å². The van der Waals surface area contributed by atoms with Crippen LogP contribution < -0.4 is 0 Å². The van der Waals surface area contributed by atoms with E-state index in [9.17, 15) is 9.90 Å². The standard InChI is InChI=1S/C17H23BrO.C8H10O2S/c1-2-3-4-8-17(19)14-11-9-13(10-12-14)15-6-5-7-16(15)18;1-2-3-6-4-5-7(11-6)8(9)10/h7,9-12,15,17,19H,2-6,8H2,1H3;4-5H,2-3H2,1H3,(H,9,10)/t15-,17?;/m0./s1. The van der Waals surface area contributed by atoms with Gasteiger partial charge in [-0.15, -0.1) is 11.3 Å².